The molecule has 17 heavy (non-hydrogen) atoms. The van der Waals surface area contributed by atoms with Crippen molar-refractivity contribution in [3.05, 3.63) is 41.5 Å². The van der Waals surface area contributed by atoms with Crippen molar-refractivity contribution in [3.8, 4) is 0 Å². The zero-order valence-electron chi connectivity index (χ0n) is 10.1. The maximum absolute atomic E-state index is 12.1. The molecule has 1 fully saturated rings. The SMILES string of the molecule is CCN1CC[C@H](N)C(=Cc2ccccc2)C1=O. The summed E-state index contributed by atoms with van der Waals surface area (Å²) in [5, 5.41) is 0. The van der Waals surface area contributed by atoms with Gasteiger partial charge in [0.2, 0.25) is 0 Å². The first-order valence-corrected chi connectivity index (χ1v) is 6.04. The highest BCUT2D eigenvalue weighted by Crippen LogP contribution is 2.19. The largest absolute Gasteiger partial charge is 0.339 e. The third kappa shape index (κ3) is 2.56. The van der Waals surface area contributed by atoms with E-state index in [1.807, 2.05) is 48.2 Å². The molecule has 0 aliphatic carbocycles. The molecular formula is C14H18N2O. The predicted octanol–water partition coefficient (Wildman–Crippen LogP) is 1.65. The molecule has 1 amide bonds. The van der Waals surface area contributed by atoms with Gasteiger partial charge in [-0.15, -0.1) is 0 Å². The smallest absolute Gasteiger partial charge is 0.251 e. The minimum Gasteiger partial charge on any atom is -0.339 e. The van der Waals surface area contributed by atoms with Gasteiger partial charge in [-0.3, -0.25) is 4.79 Å². The van der Waals surface area contributed by atoms with Crippen molar-refractivity contribution in [1.29, 1.82) is 0 Å². The fourth-order valence-electron chi connectivity index (χ4n) is 2.09. The van der Waals surface area contributed by atoms with E-state index in [0.29, 0.717) is 0 Å². The van der Waals surface area contributed by atoms with Crippen molar-refractivity contribution in [2.24, 2.45) is 5.73 Å². The second kappa shape index (κ2) is 5.15. The average Bonchev–Trinajstić information content (AvgIpc) is 2.36. The molecule has 1 heterocycles. The van der Waals surface area contributed by atoms with E-state index in [4.69, 9.17) is 5.73 Å². The summed E-state index contributed by atoms with van der Waals surface area (Å²) >= 11 is 0. The van der Waals surface area contributed by atoms with E-state index in [-0.39, 0.29) is 11.9 Å². The fourth-order valence-corrected chi connectivity index (χ4v) is 2.09. The van der Waals surface area contributed by atoms with E-state index in [0.717, 1.165) is 30.6 Å². The molecule has 1 aliphatic rings. The molecule has 0 radical (unpaired) electrons. The van der Waals surface area contributed by atoms with Gasteiger partial charge in [0.25, 0.3) is 5.91 Å². The topological polar surface area (TPSA) is 46.3 Å². The summed E-state index contributed by atoms with van der Waals surface area (Å²) in [4.78, 5) is 14.0. The normalized spacial score (nSPS) is 23.2. The third-order valence-electron chi connectivity index (χ3n) is 3.15. The van der Waals surface area contributed by atoms with Crippen LogP contribution in [0.4, 0.5) is 0 Å². The van der Waals surface area contributed by atoms with Crippen LogP contribution in [0, 0.1) is 0 Å². The van der Waals surface area contributed by atoms with Crippen molar-refractivity contribution >= 4 is 12.0 Å². The number of carbonyl (C=O) groups is 1. The molecular weight excluding hydrogens is 212 g/mol. The summed E-state index contributed by atoms with van der Waals surface area (Å²) in [5.41, 5.74) is 7.78. The van der Waals surface area contributed by atoms with Crippen molar-refractivity contribution in [1.82, 2.24) is 4.90 Å². The Bertz CT molecular complexity index is 425. The highest BCUT2D eigenvalue weighted by molar-refractivity contribution is 5.99. The Labute approximate surface area is 102 Å². The molecule has 1 aliphatic heterocycles. The van der Waals surface area contributed by atoms with Gasteiger partial charge in [-0.25, -0.2) is 0 Å². The molecule has 2 rings (SSSR count). The maximum Gasteiger partial charge on any atom is 0.251 e. The molecule has 0 saturated carbocycles. The van der Waals surface area contributed by atoms with Crippen LogP contribution in [0.5, 0.6) is 0 Å². The van der Waals surface area contributed by atoms with Crippen molar-refractivity contribution < 1.29 is 4.79 Å². The number of benzene rings is 1. The van der Waals surface area contributed by atoms with Crippen LogP contribution >= 0.6 is 0 Å². The molecule has 3 nitrogen and oxygen atoms in total. The summed E-state index contributed by atoms with van der Waals surface area (Å²) in [5.74, 6) is 0.0788. The lowest BCUT2D eigenvalue weighted by molar-refractivity contribution is -0.128. The summed E-state index contributed by atoms with van der Waals surface area (Å²) in [6, 6.07) is 9.72. The molecule has 2 N–H and O–H groups in total. The lowest BCUT2D eigenvalue weighted by Crippen LogP contribution is -2.45. The van der Waals surface area contributed by atoms with Crippen molar-refractivity contribution in [3.63, 3.8) is 0 Å². The van der Waals surface area contributed by atoms with Crippen LogP contribution in [0.25, 0.3) is 6.08 Å². The lowest BCUT2D eigenvalue weighted by Gasteiger charge is -2.31. The van der Waals surface area contributed by atoms with Gasteiger partial charge in [0.1, 0.15) is 0 Å². The van der Waals surface area contributed by atoms with Crippen molar-refractivity contribution in [2.45, 2.75) is 19.4 Å². The van der Waals surface area contributed by atoms with Gasteiger partial charge in [0, 0.05) is 24.7 Å². The quantitative estimate of drug-likeness (QED) is 0.785. The fraction of sp³-hybridized carbons (Fsp3) is 0.357. The Balaban J connectivity index is 2.28. The molecule has 3 heteroatoms. The highest BCUT2D eigenvalue weighted by atomic mass is 16.2. The monoisotopic (exact) mass is 230 g/mol. The number of likely N-dealkylation sites (tertiary alicyclic amines) is 1. The molecule has 0 unspecified atom stereocenters. The van der Waals surface area contributed by atoms with E-state index in [9.17, 15) is 4.79 Å². The van der Waals surface area contributed by atoms with Gasteiger partial charge in [-0.05, 0) is 25.0 Å². The van der Waals surface area contributed by atoms with E-state index in [1.165, 1.54) is 0 Å². The zero-order chi connectivity index (χ0) is 12.3. The van der Waals surface area contributed by atoms with E-state index >= 15 is 0 Å². The minimum absolute atomic E-state index is 0.0788. The summed E-state index contributed by atoms with van der Waals surface area (Å²) < 4.78 is 0. The molecule has 1 aromatic rings. The number of rotatable bonds is 2. The van der Waals surface area contributed by atoms with Crippen LogP contribution in [-0.2, 0) is 4.79 Å². The number of amides is 1. The van der Waals surface area contributed by atoms with Crippen LogP contribution in [0.3, 0.4) is 0 Å². The highest BCUT2D eigenvalue weighted by Gasteiger charge is 2.27. The molecule has 90 valence electrons. The summed E-state index contributed by atoms with van der Waals surface area (Å²) in [7, 11) is 0. The maximum atomic E-state index is 12.1. The van der Waals surface area contributed by atoms with Gasteiger partial charge >= 0.3 is 0 Å². The van der Waals surface area contributed by atoms with Gasteiger partial charge in [-0.1, -0.05) is 30.3 Å². The third-order valence-corrected chi connectivity index (χ3v) is 3.15. The Morgan fingerprint density at radius 1 is 1.41 bits per heavy atom. The molecule has 1 aromatic carbocycles. The van der Waals surface area contributed by atoms with E-state index in [1.54, 1.807) is 0 Å². The van der Waals surface area contributed by atoms with Gasteiger partial charge < -0.3 is 10.6 Å². The second-order valence-corrected chi connectivity index (χ2v) is 4.29. The summed E-state index contributed by atoms with van der Waals surface area (Å²) in [6.45, 7) is 3.51. The van der Waals surface area contributed by atoms with E-state index < -0.39 is 0 Å². The van der Waals surface area contributed by atoms with Crippen LogP contribution in [0.2, 0.25) is 0 Å². The average molecular weight is 230 g/mol. The number of hydrogen-bond acceptors (Lipinski definition) is 2. The second-order valence-electron chi connectivity index (χ2n) is 4.29. The van der Waals surface area contributed by atoms with E-state index in [2.05, 4.69) is 0 Å². The Hall–Kier alpha value is -1.61. The Morgan fingerprint density at radius 3 is 2.76 bits per heavy atom. The Kier molecular flexibility index (Phi) is 3.59. The summed E-state index contributed by atoms with van der Waals surface area (Å²) in [6.07, 6.45) is 2.76. The van der Waals surface area contributed by atoms with Gasteiger partial charge in [0.15, 0.2) is 0 Å². The molecule has 1 saturated heterocycles. The van der Waals surface area contributed by atoms with Crippen molar-refractivity contribution in [2.75, 3.05) is 13.1 Å². The lowest BCUT2D eigenvalue weighted by atomic mass is 9.96. The van der Waals surface area contributed by atoms with Gasteiger partial charge in [0.05, 0.1) is 0 Å². The van der Waals surface area contributed by atoms with Crippen LogP contribution in [0.1, 0.15) is 18.9 Å². The number of nitrogens with zero attached hydrogens (tertiary/aromatic N) is 1. The Morgan fingerprint density at radius 2 is 2.12 bits per heavy atom. The molecule has 0 bridgehead atoms. The number of hydrogen-bond donors (Lipinski definition) is 1. The van der Waals surface area contributed by atoms with Crippen LogP contribution in [0.15, 0.2) is 35.9 Å². The van der Waals surface area contributed by atoms with Crippen LogP contribution in [-0.4, -0.2) is 29.9 Å². The first kappa shape index (κ1) is 11.9. The number of carbonyl (C=O) groups excluding carboxylic acids is 1. The number of piperidine rings is 1. The number of likely N-dealkylation sites (N-methyl/N-ethyl adjacent to an activating group) is 1. The molecule has 1 atom stereocenters. The first-order chi connectivity index (χ1) is 8.22. The standard InChI is InChI=1S/C14H18N2O/c1-2-16-9-8-13(15)12(14(16)17)10-11-6-4-3-5-7-11/h3-7,10,13H,2,8-9,15H2,1H3/t13-/m0/s1. The van der Waals surface area contributed by atoms with Gasteiger partial charge in [-0.2, -0.15) is 0 Å². The minimum atomic E-state index is -0.134. The predicted molar refractivity (Wildman–Crippen MR) is 69.3 cm³/mol. The van der Waals surface area contributed by atoms with Crippen LogP contribution < -0.4 is 5.73 Å². The zero-order valence-corrected chi connectivity index (χ0v) is 10.1. The molecule has 0 spiro atoms. The first-order valence-electron chi connectivity index (χ1n) is 6.04. The number of nitrogens with two attached hydrogens (primary N) is 1. The molecule has 0 aromatic heterocycles.